The van der Waals surface area contributed by atoms with Crippen molar-refractivity contribution in [2.75, 3.05) is 13.2 Å². The van der Waals surface area contributed by atoms with E-state index in [1.54, 1.807) is 36.4 Å². The number of nitro benzene ring substituents is 1. The van der Waals surface area contributed by atoms with Crippen molar-refractivity contribution in [1.29, 1.82) is 0 Å². The van der Waals surface area contributed by atoms with Crippen LogP contribution >= 0.6 is 0 Å². The van der Waals surface area contributed by atoms with Crippen molar-refractivity contribution in [3.63, 3.8) is 0 Å². The third kappa shape index (κ3) is 5.25. The summed E-state index contributed by atoms with van der Waals surface area (Å²) in [4.78, 5) is 34.9. The molecule has 8 nitrogen and oxygen atoms in total. The van der Waals surface area contributed by atoms with Crippen LogP contribution in [0.25, 0.3) is 6.08 Å². The van der Waals surface area contributed by atoms with Gasteiger partial charge in [-0.3, -0.25) is 19.7 Å². The van der Waals surface area contributed by atoms with E-state index in [0.29, 0.717) is 11.1 Å². The molecule has 2 aromatic carbocycles. The van der Waals surface area contributed by atoms with Gasteiger partial charge in [0.1, 0.15) is 5.70 Å². The Morgan fingerprint density at radius 2 is 1.85 bits per heavy atom. The molecule has 0 fully saturated rings. The average Bonchev–Trinajstić information content (AvgIpc) is 2.66. The normalized spacial score (nSPS) is 10.9. The third-order valence-electron chi connectivity index (χ3n) is 3.32. The lowest BCUT2D eigenvalue weighted by atomic mass is 10.1. The zero-order valence-corrected chi connectivity index (χ0v) is 13.7. The van der Waals surface area contributed by atoms with Crippen LogP contribution in [0.2, 0.25) is 0 Å². The fourth-order valence-corrected chi connectivity index (χ4v) is 2.10. The Morgan fingerprint density at radius 3 is 2.50 bits per heavy atom. The van der Waals surface area contributed by atoms with Gasteiger partial charge in [-0.1, -0.05) is 30.3 Å². The van der Waals surface area contributed by atoms with Gasteiger partial charge in [0, 0.05) is 24.2 Å². The van der Waals surface area contributed by atoms with E-state index in [9.17, 15) is 19.7 Å². The summed E-state index contributed by atoms with van der Waals surface area (Å²) in [5, 5.41) is 24.7. The monoisotopic (exact) mass is 355 g/mol. The van der Waals surface area contributed by atoms with Crippen molar-refractivity contribution in [2.45, 2.75) is 0 Å². The second-order valence-electron chi connectivity index (χ2n) is 5.21. The highest BCUT2D eigenvalue weighted by atomic mass is 16.6. The molecule has 0 saturated carbocycles. The van der Waals surface area contributed by atoms with Crippen LogP contribution in [-0.2, 0) is 4.79 Å². The molecule has 0 aliphatic carbocycles. The number of aliphatic hydroxyl groups is 1. The van der Waals surface area contributed by atoms with Crippen LogP contribution in [0, 0.1) is 10.1 Å². The van der Waals surface area contributed by atoms with Crippen molar-refractivity contribution in [2.24, 2.45) is 0 Å². The van der Waals surface area contributed by atoms with Gasteiger partial charge in [0.2, 0.25) is 0 Å². The van der Waals surface area contributed by atoms with Crippen LogP contribution in [0.3, 0.4) is 0 Å². The number of nitro groups is 1. The summed E-state index contributed by atoms with van der Waals surface area (Å²) >= 11 is 0. The van der Waals surface area contributed by atoms with Gasteiger partial charge in [0.15, 0.2) is 0 Å². The molecule has 0 unspecified atom stereocenters. The molecule has 0 aliphatic rings. The Kier molecular flexibility index (Phi) is 6.58. The number of aliphatic hydroxyl groups excluding tert-OH is 1. The number of hydrogen-bond donors (Lipinski definition) is 3. The standard InChI is InChI=1S/C18H17N3O5/c22-10-9-19-18(24)16(20-17(23)14-6-2-1-3-7-14)12-13-5-4-8-15(11-13)21(25)26/h1-8,11-12,22H,9-10H2,(H,19,24)(H,20,23)/b16-12-. The highest BCUT2D eigenvalue weighted by Crippen LogP contribution is 2.15. The summed E-state index contributed by atoms with van der Waals surface area (Å²) in [6, 6.07) is 14.0. The predicted molar refractivity (Wildman–Crippen MR) is 95.1 cm³/mol. The Balaban J connectivity index is 2.31. The number of non-ortho nitro benzene ring substituents is 1. The van der Waals surface area contributed by atoms with E-state index < -0.39 is 16.7 Å². The molecule has 8 heteroatoms. The predicted octanol–water partition coefficient (Wildman–Crippen LogP) is 1.47. The minimum atomic E-state index is -0.616. The largest absolute Gasteiger partial charge is 0.395 e. The van der Waals surface area contributed by atoms with Gasteiger partial charge in [-0.05, 0) is 23.8 Å². The zero-order chi connectivity index (χ0) is 18.9. The first-order valence-electron chi connectivity index (χ1n) is 7.73. The molecule has 0 heterocycles. The number of carbonyl (C=O) groups is 2. The lowest BCUT2D eigenvalue weighted by Crippen LogP contribution is -2.36. The van der Waals surface area contributed by atoms with Crippen molar-refractivity contribution in [1.82, 2.24) is 10.6 Å². The topological polar surface area (TPSA) is 122 Å². The van der Waals surface area contributed by atoms with Gasteiger partial charge in [0.05, 0.1) is 11.5 Å². The Labute approximate surface area is 149 Å². The SMILES string of the molecule is O=C(NCCO)/C(=C/c1cccc([N+](=O)[O-])c1)NC(=O)c1ccccc1. The number of amides is 2. The Bertz CT molecular complexity index is 834. The Hall–Kier alpha value is -3.52. The minimum absolute atomic E-state index is 0.00627. The number of benzene rings is 2. The number of carbonyl (C=O) groups excluding carboxylic acids is 2. The highest BCUT2D eigenvalue weighted by molar-refractivity contribution is 6.05. The van der Waals surface area contributed by atoms with Crippen LogP contribution in [0.5, 0.6) is 0 Å². The summed E-state index contributed by atoms with van der Waals surface area (Å²) in [6.07, 6.45) is 1.33. The van der Waals surface area contributed by atoms with E-state index >= 15 is 0 Å². The van der Waals surface area contributed by atoms with Gasteiger partial charge in [0.25, 0.3) is 17.5 Å². The van der Waals surface area contributed by atoms with Crippen LogP contribution in [0.1, 0.15) is 15.9 Å². The van der Waals surface area contributed by atoms with Crippen LogP contribution in [-0.4, -0.2) is 35.0 Å². The van der Waals surface area contributed by atoms with Gasteiger partial charge in [-0.2, -0.15) is 0 Å². The second-order valence-corrected chi connectivity index (χ2v) is 5.21. The lowest BCUT2D eigenvalue weighted by Gasteiger charge is -2.10. The smallest absolute Gasteiger partial charge is 0.270 e. The first-order chi connectivity index (χ1) is 12.5. The maximum Gasteiger partial charge on any atom is 0.270 e. The first kappa shape index (κ1) is 18.8. The summed E-state index contributed by atoms with van der Waals surface area (Å²) in [6.45, 7) is -0.255. The molecule has 0 saturated heterocycles. The lowest BCUT2D eigenvalue weighted by molar-refractivity contribution is -0.384. The zero-order valence-electron chi connectivity index (χ0n) is 13.7. The van der Waals surface area contributed by atoms with E-state index in [2.05, 4.69) is 10.6 Å². The van der Waals surface area contributed by atoms with Crippen LogP contribution in [0.15, 0.2) is 60.3 Å². The van der Waals surface area contributed by atoms with Gasteiger partial charge >= 0.3 is 0 Å². The van der Waals surface area contributed by atoms with Gasteiger partial charge in [-0.25, -0.2) is 0 Å². The summed E-state index contributed by atoms with van der Waals surface area (Å²) < 4.78 is 0. The Morgan fingerprint density at radius 1 is 1.12 bits per heavy atom. The van der Waals surface area contributed by atoms with Crippen molar-refractivity contribution in [3.8, 4) is 0 Å². The van der Waals surface area contributed by atoms with E-state index in [4.69, 9.17) is 5.11 Å². The molecule has 26 heavy (non-hydrogen) atoms. The van der Waals surface area contributed by atoms with E-state index in [1.165, 1.54) is 24.3 Å². The molecular formula is C18H17N3O5. The van der Waals surface area contributed by atoms with Gasteiger partial charge < -0.3 is 15.7 Å². The molecule has 3 N–H and O–H groups in total. The summed E-state index contributed by atoms with van der Waals surface area (Å²) in [5.41, 5.74) is 0.505. The molecule has 0 radical (unpaired) electrons. The van der Waals surface area contributed by atoms with Crippen LogP contribution in [0.4, 0.5) is 5.69 Å². The number of rotatable bonds is 7. The van der Waals surface area contributed by atoms with Crippen molar-refractivity contribution >= 4 is 23.6 Å². The minimum Gasteiger partial charge on any atom is -0.395 e. The maximum absolute atomic E-state index is 12.3. The number of nitrogens with one attached hydrogen (secondary N) is 2. The molecule has 134 valence electrons. The molecular weight excluding hydrogens is 338 g/mol. The molecule has 0 aromatic heterocycles. The van der Waals surface area contributed by atoms with Crippen LogP contribution < -0.4 is 10.6 Å². The molecule has 0 spiro atoms. The average molecular weight is 355 g/mol. The number of hydrogen-bond acceptors (Lipinski definition) is 5. The quantitative estimate of drug-likeness (QED) is 0.394. The van der Waals surface area contributed by atoms with E-state index in [1.807, 2.05) is 0 Å². The fourth-order valence-electron chi connectivity index (χ4n) is 2.10. The highest BCUT2D eigenvalue weighted by Gasteiger charge is 2.15. The molecule has 0 aliphatic heterocycles. The molecule has 0 bridgehead atoms. The van der Waals surface area contributed by atoms with E-state index in [-0.39, 0.29) is 24.5 Å². The third-order valence-corrected chi connectivity index (χ3v) is 3.32. The van der Waals surface area contributed by atoms with E-state index in [0.717, 1.165) is 0 Å². The summed E-state index contributed by atoms with van der Waals surface area (Å²) in [7, 11) is 0. The maximum atomic E-state index is 12.3. The first-order valence-corrected chi connectivity index (χ1v) is 7.73. The molecule has 2 aromatic rings. The van der Waals surface area contributed by atoms with Crippen molar-refractivity contribution in [3.05, 3.63) is 81.5 Å². The second kappa shape index (κ2) is 9.09. The van der Waals surface area contributed by atoms with Crippen molar-refractivity contribution < 1.29 is 19.6 Å². The number of nitrogens with zero attached hydrogens (tertiary/aromatic N) is 1. The fraction of sp³-hybridized carbons (Fsp3) is 0.111. The van der Waals surface area contributed by atoms with Gasteiger partial charge in [-0.15, -0.1) is 0 Å². The molecule has 0 atom stereocenters. The molecule has 2 rings (SSSR count). The summed E-state index contributed by atoms with van der Waals surface area (Å²) in [5.74, 6) is -1.11. The molecule has 2 amide bonds.